The topological polar surface area (TPSA) is 41.6 Å². The summed E-state index contributed by atoms with van der Waals surface area (Å²) in [7, 11) is 0. The predicted octanol–water partition coefficient (Wildman–Crippen LogP) is 2.80. The van der Waals surface area contributed by atoms with Crippen LogP contribution in [0.2, 0.25) is 0 Å². The van der Waals surface area contributed by atoms with Crippen molar-refractivity contribution in [1.29, 1.82) is 0 Å². The average Bonchev–Trinajstić information content (AvgIpc) is 2.58. The van der Waals surface area contributed by atoms with Crippen LogP contribution in [0.5, 0.6) is 0 Å². The van der Waals surface area contributed by atoms with Gasteiger partial charge < -0.3 is 10.6 Å². The van der Waals surface area contributed by atoms with Crippen LogP contribution in [0.25, 0.3) is 0 Å². The van der Waals surface area contributed by atoms with Gasteiger partial charge in [-0.05, 0) is 36.8 Å². The lowest BCUT2D eigenvalue weighted by molar-refractivity contribution is 0.662. The predicted molar refractivity (Wildman–Crippen MR) is 78.1 cm³/mol. The molecule has 3 heteroatoms. The second-order valence-electron chi connectivity index (χ2n) is 5.33. The van der Waals surface area contributed by atoms with Crippen LogP contribution in [0.3, 0.4) is 0 Å². The van der Waals surface area contributed by atoms with E-state index in [2.05, 4.69) is 48.0 Å². The van der Waals surface area contributed by atoms with Crippen molar-refractivity contribution < 1.29 is 0 Å². The number of guanidine groups is 1. The van der Waals surface area contributed by atoms with E-state index in [1.165, 1.54) is 24.1 Å². The number of benzene rings is 1. The van der Waals surface area contributed by atoms with Crippen LogP contribution in [0.4, 0.5) is 5.69 Å². The molecule has 0 radical (unpaired) electrons. The fourth-order valence-corrected chi connectivity index (χ4v) is 2.29. The second-order valence-corrected chi connectivity index (χ2v) is 5.33. The molecule has 2 N–H and O–H groups in total. The van der Waals surface area contributed by atoms with E-state index in [9.17, 15) is 0 Å². The van der Waals surface area contributed by atoms with Gasteiger partial charge in [-0.3, -0.25) is 4.99 Å². The van der Waals surface area contributed by atoms with E-state index in [0.717, 1.165) is 19.5 Å². The summed E-state index contributed by atoms with van der Waals surface area (Å²) >= 11 is 0. The van der Waals surface area contributed by atoms with Crippen LogP contribution >= 0.6 is 0 Å². The first-order valence-corrected chi connectivity index (χ1v) is 6.84. The summed E-state index contributed by atoms with van der Waals surface area (Å²) in [6.07, 6.45) is 3.54. The number of rotatable bonds is 2. The van der Waals surface area contributed by atoms with E-state index < -0.39 is 0 Å². The third kappa shape index (κ3) is 3.03. The Morgan fingerprint density at radius 2 is 2.11 bits per heavy atom. The summed E-state index contributed by atoms with van der Waals surface area (Å²) in [6.45, 7) is 6.09. The molecule has 0 unspecified atom stereocenters. The molecule has 18 heavy (non-hydrogen) atoms. The smallest absolute Gasteiger partial charge is 0.195 e. The largest absolute Gasteiger partial charge is 0.370 e. The summed E-state index contributed by atoms with van der Waals surface area (Å²) in [5.74, 6) is 1.21. The van der Waals surface area contributed by atoms with Crippen LogP contribution in [0.15, 0.2) is 29.3 Å². The fourth-order valence-electron chi connectivity index (χ4n) is 2.29. The Bertz CT molecular complexity index is 424. The molecule has 0 bridgehead atoms. The number of aryl methyl sites for hydroxylation is 1. The van der Waals surface area contributed by atoms with Gasteiger partial charge in [0.15, 0.2) is 5.96 Å². The van der Waals surface area contributed by atoms with Gasteiger partial charge in [0.05, 0.1) is 0 Å². The molecule has 1 heterocycles. The first-order valence-electron chi connectivity index (χ1n) is 6.84. The Kier molecular flexibility index (Phi) is 4.24. The molecule has 0 aliphatic carbocycles. The number of para-hydroxylation sites is 1. The maximum atomic E-state index is 6.16. The summed E-state index contributed by atoms with van der Waals surface area (Å²) in [5.41, 5.74) is 8.78. The lowest BCUT2D eigenvalue weighted by atomic mass is 10.1. The van der Waals surface area contributed by atoms with Crippen LogP contribution in [0.1, 0.15) is 32.3 Å². The minimum Gasteiger partial charge on any atom is -0.370 e. The monoisotopic (exact) mass is 245 g/mol. The molecule has 1 aromatic carbocycles. The highest BCUT2D eigenvalue weighted by atomic mass is 15.3. The Hall–Kier alpha value is -1.51. The molecule has 0 aromatic heterocycles. The molecule has 3 nitrogen and oxygen atoms in total. The lowest BCUT2D eigenvalue weighted by Crippen LogP contribution is -2.38. The van der Waals surface area contributed by atoms with Crippen molar-refractivity contribution in [2.24, 2.45) is 16.6 Å². The zero-order valence-electron chi connectivity index (χ0n) is 11.4. The fraction of sp³-hybridized carbons (Fsp3) is 0.533. The van der Waals surface area contributed by atoms with Crippen LogP contribution < -0.4 is 10.6 Å². The highest BCUT2D eigenvalue weighted by Gasteiger charge is 2.17. The van der Waals surface area contributed by atoms with Gasteiger partial charge in [-0.1, -0.05) is 32.0 Å². The van der Waals surface area contributed by atoms with Crippen molar-refractivity contribution in [3.8, 4) is 0 Å². The van der Waals surface area contributed by atoms with E-state index in [1.807, 2.05) is 0 Å². The standard InChI is InChI=1S/C15H23N3/c1-12(2)11-17-15(16)18-10-6-5-8-13-7-3-4-9-14(13)18/h3-4,7,9,12H,5-6,8,10-11H2,1-2H3,(H2,16,17). The molecule has 1 aliphatic rings. The van der Waals surface area contributed by atoms with Gasteiger partial charge in [-0.25, -0.2) is 0 Å². The van der Waals surface area contributed by atoms with E-state index in [1.54, 1.807) is 0 Å². The first-order chi connectivity index (χ1) is 8.68. The zero-order valence-corrected chi connectivity index (χ0v) is 11.4. The number of hydrogen-bond donors (Lipinski definition) is 1. The summed E-state index contributed by atoms with van der Waals surface area (Å²) in [4.78, 5) is 6.68. The average molecular weight is 245 g/mol. The van der Waals surface area contributed by atoms with Crippen LogP contribution in [-0.4, -0.2) is 19.0 Å². The zero-order chi connectivity index (χ0) is 13.0. The molecule has 98 valence electrons. The van der Waals surface area contributed by atoms with Crippen molar-refractivity contribution in [2.75, 3.05) is 18.0 Å². The quantitative estimate of drug-likeness (QED) is 0.643. The first kappa shape index (κ1) is 12.9. The van der Waals surface area contributed by atoms with Gasteiger partial charge in [0.2, 0.25) is 0 Å². The molecule has 0 amide bonds. The summed E-state index contributed by atoms with van der Waals surface area (Å²) in [5, 5.41) is 0. The Labute approximate surface area is 110 Å². The minimum absolute atomic E-state index is 0.547. The second kappa shape index (κ2) is 5.89. The lowest BCUT2D eigenvalue weighted by Gasteiger charge is -2.24. The van der Waals surface area contributed by atoms with Gasteiger partial charge >= 0.3 is 0 Å². The molecule has 1 aromatic rings. The summed E-state index contributed by atoms with van der Waals surface area (Å²) < 4.78 is 0. The third-order valence-electron chi connectivity index (χ3n) is 3.26. The summed E-state index contributed by atoms with van der Waals surface area (Å²) in [6, 6.07) is 8.53. The molecule has 0 fully saturated rings. The maximum absolute atomic E-state index is 6.16. The molecular weight excluding hydrogens is 222 g/mol. The van der Waals surface area contributed by atoms with Crippen molar-refractivity contribution in [1.82, 2.24) is 0 Å². The van der Waals surface area contributed by atoms with E-state index in [-0.39, 0.29) is 0 Å². The number of nitrogens with zero attached hydrogens (tertiary/aromatic N) is 2. The molecule has 0 saturated heterocycles. The molecule has 0 atom stereocenters. The molecule has 1 aliphatic heterocycles. The van der Waals surface area contributed by atoms with E-state index in [0.29, 0.717) is 11.9 Å². The van der Waals surface area contributed by atoms with Crippen LogP contribution in [0, 0.1) is 5.92 Å². The Morgan fingerprint density at radius 1 is 1.33 bits per heavy atom. The number of anilines is 1. The molecular formula is C15H23N3. The van der Waals surface area contributed by atoms with Crippen molar-refractivity contribution in [2.45, 2.75) is 33.1 Å². The minimum atomic E-state index is 0.547. The SMILES string of the molecule is CC(C)CN=C(N)N1CCCCc2ccccc21. The van der Waals surface area contributed by atoms with E-state index in [4.69, 9.17) is 5.73 Å². The van der Waals surface area contributed by atoms with Crippen LogP contribution in [-0.2, 0) is 6.42 Å². The number of nitrogens with two attached hydrogens (primary N) is 1. The maximum Gasteiger partial charge on any atom is 0.195 e. The number of fused-ring (bicyclic) bond motifs is 1. The normalized spacial score (nSPS) is 16.6. The van der Waals surface area contributed by atoms with E-state index >= 15 is 0 Å². The van der Waals surface area contributed by atoms with Crippen molar-refractivity contribution >= 4 is 11.6 Å². The molecule has 0 spiro atoms. The van der Waals surface area contributed by atoms with Gasteiger partial charge in [0, 0.05) is 18.8 Å². The van der Waals surface area contributed by atoms with Crippen molar-refractivity contribution in [3.63, 3.8) is 0 Å². The van der Waals surface area contributed by atoms with Gasteiger partial charge in [0.1, 0.15) is 0 Å². The van der Waals surface area contributed by atoms with Gasteiger partial charge in [-0.2, -0.15) is 0 Å². The van der Waals surface area contributed by atoms with Crippen molar-refractivity contribution in [3.05, 3.63) is 29.8 Å². The molecule has 0 saturated carbocycles. The number of hydrogen-bond acceptors (Lipinski definition) is 1. The number of aliphatic imine (C=N–C) groups is 1. The highest BCUT2D eigenvalue weighted by molar-refractivity contribution is 5.95. The Balaban J connectivity index is 2.24. The third-order valence-corrected chi connectivity index (χ3v) is 3.26. The Morgan fingerprint density at radius 3 is 2.89 bits per heavy atom. The molecule has 2 rings (SSSR count). The highest BCUT2D eigenvalue weighted by Crippen LogP contribution is 2.25. The van der Waals surface area contributed by atoms with Gasteiger partial charge in [0.25, 0.3) is 0 Å². The van der Waals surface area contributed by atoms with Gasteiger partial charge in [-0.15, -0.1) is 0 Å².